The van der Waals surface area contributed by atoms with Crippen LogP contribution in [0, 0.1) is 23.7 Å². The Hall–Kier alpha value is -1.70. The van der Waals surface area contributed by atoms with Crippen molar-refractivity contribution in [2.45, 2.75) is 83.7 Å². The van der Waals surface area contributed by atoms with Crippen LogP contribution in [0.1, 0.15) is 59.3 Å². The minimum atomic E-state index is -1.10. The van der Waals surface area contributed by atoms with Crippen LogP contribution in [0.2, 0.25) is 0 Å². The second kappa shape index (κ2) is 11.1. The highest BCUT2D eigenvalue weighted by molar-refractivity contribution is 5.72. The lowest BCUT2D eigenvalue weighted by Gasteiger charge is -2.43. The van der Waals surface area contributed by atoms with Crippen LogP contribution in [0.25, 0.3) is 0 Å². The predicted octanol–water partition coefficient (Wildman–Crippen LogP) is 2.44. The molecule has 7 nitrogen and oxygen atoms in total. The molecule has 30 heavy (non-hydrogen) atoms. The van der Waals surface area contributed by atoms with Crippen LogP contribution in [-0.2, 0) is 14.3 Å². The number of esters is 1. The number of aliphatic carboxylic acids is 1. The average Bonchev–Trinajstić information content (AvgIpc) is 2.65. The van der Waals surface area contributed by atoms with Crippen LogP contribution < -0.4 is 0 Å². The number of allylic oxidation sites excluding steroid dienone is 2. The first-order chi connectivity index (χ1) is 14.1. The molecule has 0 heterocycles. The molecule has 0 spiro atoms. The number of carboxylic acid groups (broad SMARTS) is 1. The molecule has 0 aliphatic heterocycles. The highest BCUT2D eigenvalue weighted by Crippen LogP contribution is 2.44. The normalized spacial score (nSPS) is 31.3. The first-order valence-corrected chi connectivity index (χ1v) is 11.0. The van der Waals surface area contributed by atoms with Crippen LogP contribution in [0.5, 0.6) is 0 Å². The summed E-state index contributed by atoms with van der Waals surface area (Å²) in [6.07, 6.45) is 4.64. The number of rotatable bonds is 10. The van der Waals surface area contributed by atoms with E-state index in [9.17, 15) is 24.9 Å². The zero-order valence-corrected chi connectivity index (χ0v) is 18.1. The molecule has 0 aromatic heterocycles. The van der Waals surface area contributed by atoms with Crippen molar-refractivity contribution in [3.8, 4) is 0 Å². The van der Waals surface area contributed by atoms with Crippen molar-refractivity contribution in [2.75, 3.05) is 0 Å². The van der Waals surface area contributed by atoms with Gasteiger partial charge in [-0.15, -0.1) is 0 Å². The fraction of sp³-hybridized carbons (Fsp3) is 0.739. The molecule has 0 saturated heterocycles. The Labute approximate surface area is 178 Å². The quantitative estimate of drug-likeness (QED) is 0.397. The molecule has 0 radical (unpaired) electrons. The zero-order valence-electron chi connectivity index (χ0n) is 18.1. The SMILES string of the molecule is CC[C@H](C)C(=O)O[C@H]1C[C@H](O)C=C2C=C[C@H](C)C(CC[C@@H](O)C[C@@H](O)CC(=O)O)[C@H]21. The van der Waals surface area contributed by atoms with Gasteiger partial charge in [-0.05, 0) is 43.1 Å². The molecule has 0 aromatic rings. The monoisotopic (exact) mass is 424 g/mol. The summed E-state index contributed by atoms with van der Waals surface area (Å²) in [7, 11) is 0. The molecule has 0 bridgehead atoms. The van der Waals surface area contributed by atoms with Crippen molar-refractivity contribution >= 4 is 11.9 Å². The number of fused-ring (bicyclic) bond motifs is 1. The van der Waals surface area contributed by atoms with E-state index in [1.165, 1.54) is 0 Å². The summed E-state index contributed by atoms with van der Waals surface area (Å²) in [6, 6.07) is 0. The topological polar surface area (TPSA) is 124 Å². The maximum absolute atomic E-state index is 12.4. The second-order valence-corrected chi connectivity index (χ2v) is 8.88. The van der Waals surface area contributed by atoms with Gasteiger partial charge in [0.1, 0.15) is 6.10 Å². The van der Waals surface area contributed by atoms with Crippen LogP contribution in [-0.4, -0.2) is 56.8 Å². The summed E-state index contributed by atoms with van der Waals surface area (Å²) in [4.78, 5) is 23.1. The lowest BCUT2D eigenvalue weighted by atomic mass is 9.66. The van der Waals surface area contributed by atoms with Gasteiger partial charge in [-0.3, -0.25) is 9.59 Å². The third-order valence-electron chi connectivity index (χ3n) is 6.44. The molecule has 2 aliphatic rings. The van der Waals surface area contributed by atoms with Crippen molar-refractivity contribution in [1.29, 1.82) is 0 Å². The number of aliphatic hydroxyl groups excluding tert-OH is 3. The Kier molecular flexibility index (Phi) is 9.07. The fourth-order valence-electron chi connectivity index (χ4n) is 4.52. The van der Waals surface area contributed by atoms with Crippen molar-refractivity contribution in [3.05, 3.63) is 23.8 Å². The summed E-state index contributed by atoms with van der Waals surface area (Å²) in [5.74, 6) is -1.31. The molecular formula is C23H36O7. The van der Waals surface area contributed by atoms with Crippen molar-refractivity contribution in [2.24, 2.45) is 23.7 Å². The molecule has 1 unspecified atom stereocenters. The molecular weight excluding hydrogens is 388 g/mol. The Bertz CT molecular complexity index is 656. The molecule has 2 rings (SSSR count). The van der Waals surface area contributed by atoms with Gasteiger partial charge in [0.2, 0.25) is 0 Å². The molecule has 4 N–H and O–H groups in total. The Morgan fingerprint density at radius 2 is 1.97 bits per heavy atom. The minimum Gasteiger partial charge on any atom is -0.481 e. The van der Waals surface area contributed by atoms with E-state index in [1.807, 2.05) is 26.0 Å². The predicted molar refractivity (Wildman–Crippen MR) is 111 cm³/mol. The Balaban J connectivity index is 2.09. The zero-order chi connectivity index (χ0) is 22.4. The number of carbonyl (C=O) groups excluding carboxylic acids is 1. The molecule has 0 saturated carbocycles. The molecule has 8 atom stereocenters. The molecule has 7 heteroatoms. The second-order valence-electron chi connectivity index (χ2n) is 8.88. The van der Waals surface area contributed by atoms with Crippen LogP contribution in [0.3, 0.4) is 0 Å². The maximum Gasteiger partial charge on any atom is 0.308 e. The van der Waals surface area contributed by atoms with E-state index < -0.39 is 30.4 Å². The van der Waals surface area contributed by atoms with Gasteiger partial charge in [-0.1, -0.05) is 39.0 Å². The number of ether oxygens (including phenoxy) is 1. The summed E-state index contributed by atoms with van der Waals surface area (Å²) in [5, 5.41) is 39.1. The number of carbonyl (C=O) groups is 2. The minimum absolute atomic E-state index is 0.0156. The summed E-state index contributed by atoms with van der Waals surface area (Å²) in [5.41, 5.74) is 0.958. The summed E-state index contributed by atoms with van der Waals surface area (Å²) >= 11 is 0. The lowest BCUT2D eigenvalue weighted by molar-refractivity contribution is -0.159. The van der Waals surface area contributed by atoms with Crippen LogP contribution >= 0.6 is 0 Å². The average molecular weight is 425 g/mol. The standard InChI is InChI=1S/C23H36O7/c1-4-13(2)23(29)30-20-11-17(25)9-15-6-5-14(3)19(22(15)20)8-7-16(24)10-18(26)12-21(27)28/h5-6,9,13-14,16-20,22,24-26H,4,7-8,10-12H2,1-3H3,(H,27,28)/t13-,14-,16+,17+,18+,19?,20-,22-/m0/s1. The molecule has 0 amide bonds. The summed E-state index contributed by atoms with van der Waals surface area (Å²) in [6.45, 7) is 5.85. The van der Waals surface area contributed by atoms with E-state index in [2.05, 4.69) is 13.0 Å². The molecule has 0 aromatic carbocycles. The highest BCUT2D eigenvalue weighted by Gasteiger charge is 2.42. The van der Waals surface area contributed by atoms with Crippen LogP contribution in [0.4, 0.5) is 0 Å². The van der Waals surface area contributed by atoms with Gasteiger partial charge in [-0.25, -0.2) is 0 Å². The lowest BCUT2D eigenvalue weighted by Crippen LogP contribution is -2.43. The number of hydrogen-bond acceptors (Lipinski definition) is 6. The molecule has 2 aliphatic carbocycles. The van der Waals surface area contributed by atoms with E-state index >= 15 is 0 Å². The van der Waals surface area contributed by atoms with Gasteiger partial charge >= 0.3 is 11.9 Å². The Morgan fingerprint density at radius 3 is 2.60 bits per heavy atom. The van der Waals surface area contributed by atoms with Gasteiger partial charge in [-0.2, -0.15) is 0 Å². The largest absolute Gasteiger partial charge is 0.481 e. The first kappa shape index (κ1) is 24.6. The highest BCUT2D eigenvalue weighted by atomic mass is 16.5. The number of aliphatic hydroxyl groups is 3. The van der Waals surface area contributed by atoms with E-state index in [0.717, 1.165) is 5.57 Å². The molecule has 170 valence electrons. The maximum atomic E-state index is 12.4. The van der Waals surface area contributed by atoms with Crippen molar-refractivity contribution in [3.63, 3.8) is 0 Å². The Morgan fingerprint density at radius 1 is 1.27 bits per heavy atom. The third-order valence-corrected chi connectivity index (χ3v) is 6.44. The van der Waals surface area contributed by atoms with E-state index in [4.69, 9.17) is 9.84 Å². The van der Waals surface area contributed by atoms with Crippen molar-refractivity contribution < 1.29 is 34.8 Å². The van der Waals surface area contributed by atoms with Crippen LogP contribution in [0.15, 0.2) is 23.8 Å². The fourth-order valence-corrected chi connectivity index (χ4v) is 4.52. The summed E-state index contributed by atoms with van der Waals surface area (Å²) < 4.78 is 5.84. The van der Waals surface area contributed by atoms with Gasteiger partial charge in [0.15, 0.2) is 0 Å². The van der Waals surface area contributed by atoms with E-state index in [1.54, 1.807) is 0 Å². The third kappa shape index (κ3) is 6.65. The van der Waals surface area contributed by atoms with E-state index in [-0.39, 0.29) is 42.5 Å². The number of hydrogen-bond donors (Lipinski definition) is 4. The van der Waals surface area contributed by atoms with Gasteiger partial charge in [0, 0.05) is 12.3 Å². The van der Waals surface area contributed by atoms with Crippen molar-refractivity contribution in [1.82, 2.24) is 0 Å². The van der Waals surface area contributed by atoms with Gasteiger partial charge in [0.05, 0.1) is 30.7 Å². The van der Waals surface area contributed by atoms with E-state index in [0.29, 0.717) is 25.7 Å². The first-order valence-electron chi connectivity index (χ1n) is 11.0. The smallest absolute Gasteiger partial charge is 0.308 e. The van der Waals surface area contributed by atoms with Gasteiger partial charge < -0.3 is 25.2 Å². The number of carboxylic acids is 1. The molecule has 0 fully saturated rings. The van der Waals surface area contributed by atoms with Gasteiger partial charge in [0.25, 0.3) is 0 Å².